The average molecular weight is 264 g/mol. The summed E-state index contributed by atoms with van der Waals surface area (Å²) in [7, 11) is 0. The Morgan fingerprint density at radius 3 is 2.21 bits per heavy atom. The van der Waals surface area contributed by atoms with Crippen LogP contribution in [0.3, 0.4) is 0 Å². The van der Waals surface area contributed by atoms with E-state index in [9.17, 15) is 0 Å². The van der Waals surface area contributed by atoms with Gasteiger partial charge in [-0.2, -0.15) is 0 Å². The number of oxime groups is 1. The van der Waals surface area contributed by atoms with Crippen LogP contribution in [0.2, 0.25) is 0 Å². The molecule has 1 aromatic rings. The molecule has 0 bridgehead atoms. The van der Waals surface area contributed by atoms with Crippen molar-refractivity contribution in [1.29, 1.82) is 0 Å². The van der Waals surface area contributed by atoms with Gasteiger partial charge < -0.3 is 15.7 Å². The third-order valence-corrected chi connectivity index (χ3v) is 3.48. The Balaban J connectivity index is 2.91. The maximum absolute atomic E-state index is 8.71. The van der Waals surface area contributed by atoms with Crippen molar-refractivity contribution in [1.82, 2.24) is 0 Å². The normalized spacial score (nSPS) is 11.9. The van der Waals surface area contributed by atoms with Gasteiger partial charge in [0, 0.05) is 5.56 Å². The fourth-order valence-corrected chi connectivity index (χ4v) is 2.11. The minimum Gasteiger partial charge on any atom is -0.493 e. The maximum Gasteiger partial charge on any atom is 0.170 e. The summed E-state index contributed by atoms with van der Waals surface area (Å²) in [5.41, 5.74) is 8.34. The van der Waals surface area contributed by atoms with Crippen molar-refractivity contribution in [2.75, 3.05) is 6.61 Å². The quantitative estimate of drug-likeness (QED) is 0.359. The standard InChI is InChI=1S/C15H24N2O2/c1-5-12(6-2)9-19-14-10(3)7-13(8-11(14)4)15(16)17-18/h7-8,12,18H,5-6,9H2,1-4H3,(H2,16,17). The summed E-state index contributed by atoms with van der Waals surface area (Å²) in [6.07, 6.45) is 2.24. The molecule has 0 amide bonds. The highest BCUT2D eigenvalue weighted by Crippen LogP contribution is 2.26. The molecule has 0 aromatic heterocycles. The smallest absolute Gasteiger partial charge is 0.170 e. The molecule has 0 radical (unpaired) electrons. The predicted molar refractivity (Wildman–Crippen MR) is 78.0 cm³/mol. The minimum absolute atomic E-state index is 0.123. The summed E-state index contributed by atoms with van der Waals surface area (Å²) in [5, 5.41) is 11.7. The topological polar surface area (TPSA) is 67.8 Å². The van der Waals surface area contributed by atoms with Gasteiger partial charge in [0.1, 0.15) is 5.75 Å². The van der Waals surface area contributed by atoms with Crippen LogP contribution in [0, 0.1) is 19.8 Å². The highest BCUT2D eigenvalue weighted by atomic mass is 16.5. The summed E-state index contributed by atoms with van der Waals surface area (Å²) in [6.45, 7) is 9.04. The number of ether oxygens (including phenoxy) is 1. The molecule has 0 spiro atoms. The molecular weight excluding hydrogens is 240 g/mol. The second-order valence-electron chi connectivity index (χ2n) is 4.92. The first kappa shape index (κ1) is 15.3. The van der Waals surface area contributed by atoms with E-state index in [2.05, 4.69) is 19.0 Å². The summed E-state index contributed by atoms with van der Waals surface area (Å²) >= 11 is 0. The largest absolute Gasteiger partial charge is 0.493 e. The van der Waals surface area contributed by atoms with Crippen molar-refractivity contribution in [3.05, 3.63) is 28.8 Å². The molecule has 19 heavy (non-hydrogen) atoms. The summed E-state index contributed by atoms with van der Waals surface area (Å²) < 4.78 is 5.94. The van der Waals surface area contributed by atoms with Gasteiger partial charge in [0.05, 0.1) is 6.61 Å². The van der Waals surface area contributed by atoms with Crippen LogP contribution in [0.1, 0.15) is 43.4 Å². The van der Waals surface area contributed by atoms with E-state index in [4.69, 9.17) is 15.7 Å². The molecule has 0 aliphatic rings. The Labute approximate surface area is 115 Å². The summed E-state index contributed by atoms with van der Waals surface area (Å²) in [5.74, 6) is 1.61. The van der Waals surface area contributed by atoms with E-state index in [1.165, 1.54) is 0 Å². The lowest BCUT2D eigenvalue weighted by molar-refractivity contribution is 0.238. The van der Waals surface area contributed by atoms with Gasteiger partial charge in [0.25, 0.3) is 0 Å². The molecule has 0 heterocycles. The Morgan fingerprint density at radius 2 is 1.79 bits per heavy atom. The highest BCUT2D eigenvalue weighted by Gasteiger charge is 2.11. The Kier molecular flexibility index (Phi) is 5.67. The zero-order valence-corrected chi connectivity index (χ0v) is 12.2. The number of hydrogen-bond acceptors (Lipinski definition) is 3. The van der Waals surface area contributed by atoms with Crippen LogP contribution in [0.25, 0.3) is 0 Å². The summed E-state index contributed by atoms with van der Waals surface area (Å²) in [6, 6.07) is 3.76. The number of nitrogens with two attached hydrogens (primary N) is 1. The first-order chi connectivity index (χ1) is 9.03. The van der Waals surface area contributed by atoms with Gasteiger partial charge >= 0.3 is 0 Å². The van der Waals surface area contributed by atoms with Crippen LogP contribution < -0.4 is 10.5 Å². The van der Waals surface area contributed by atoms with Gasteiger partial charge in [-0.05, 0) is 43.0 Å². The molecule has 4 nitrogen and oxygen atoms in total. The van der Waals surface area contributed by atoms with E-state index in [0.29, 0.717) is 11.5 Å². The van der Waals surface area contributed by atoms with E-state index < -0.39 is 0 Å². The summed E-state index contributed by atoms with van der Waals surface area (Å²) in [4.78, 5) is 0. The minimum atomic E-state index is 0.123. The third kappa shape index (κ3) is 3.88. The predicted octanol–water partition coefficient (Wildman–Crippen LogP) is 3.21. The zero-order valence-electron chi connectivity index (χ0n) is 12.2. The molecule has 0 aliphatic carbocycles. The average Bonchev–Trinajstić information content (AvgIpc) is 2.41. The Bertz CT molecular complexity index is 428. The molecule has 0 unspecified atom stereocenters. The van der Waals surface area contributed by atoms with Crippen molar-refractivity contribution < 1.29 is 9.94 Å². The van der Waals surface area contributed by atoms with Crippen LogP contribution in [0.4, 0.5) is 0 Å². The van der Waals surface area contributed by atoms with Crippen LogP contribution in [-0.2, 0) is 0 Å². The van der Waals surface area contributed by atoms with Gasteiger partial charge in [-0.1, -0.05) is 31.8 Å². The molecule has 0 fully saturated rings. The number of nitrogens with zero attached hydrogens (tertiary/aromatic N) is 1. The van der Waals surface area contributed by atoms with E-state index >= 15 is 0 Å². The van der Waals surface area contributed by atoms with Crippen LogP contribution >= 0.6 is 0 Å². The molecule has 0 saturated carbocycles. The third-order valence-electron chi connectivity index (χ3n) is 3.48. The van der Waals surface area contributed by atoms with Crippen molar-refractivity contribution in [3.63, 3.8) is 0 Å². The van der Waals surface area contributed by atoms with Crippen LogP contribution in [0.15, 0.2) is 17.3 Å². The molecule has 1 rings (SSSR count). The molecule has 0 atom stereocenters. The number of amidine groups is 1. The van der Waals surface area contributed by atoms with E-state index in [1.54, 1.807) is 0 Å². The molecule has 106 valence electrons. The van der Waals surface area contributed by atoms with E-state index in [0.717, 1.165) is 36.3 Å². The lowest BCUT2D eigenvalue weighted by Crippen LogP contribution is -2.15. The molecule has 4 heteroatoms. The second-order valence-corrected chi connectivity index (χ2v) is 4.92. The molecule has 1 aromatic carbocycles. The second kappa shape index (κ2) is 7.02. The number of rotatable bonds is 6. The monoisotopic (exact) mass is 264 g/mol. The van der Waals surface area contributed by atoms with Gasteiger partial charge in [0.15, 0.2) is 5.84 Å². The SMILES string of the molecule is CCC(CC)COc1c(C)cc(C(N)=NO)cc1C. The van der Waals surface area contributed by atoms with Gasteiger partial charge in [-0.15, -0.1) is 0 Å². The number of benzene rings is 1. The lowest BCUT2D eigenvalue weighted by atomic mass is 10.0. The maximum atomic E-state index is 8.71. The van der Waals surface area contributed by atoms with Crippen molar-refractivity contribution in [2.45, 2.75) is 40.5 Å². The molecule has 0 aliphatic heterocycles. The van der Waals surface area contributed by atoms with Crippen molar-refractivity contribution in [2.24, 2.45) is 16.8 Å². The Morgan fingerprint density at radius 1 is 1.26 bits per heavy atom. The van der Waals surface area contributed by atoms with Crippen LogP contribution in [0.5, 0.6) is 5.75 Å². The number of hydrogen-bond donors (Lipinski definition) is 2. The lowest BCUT2D eigenvalue weighted by Gasteiger charge is -2.17. The van der Waals surface area contributed by atoms with Crippen molar-refractivity contribution >= 4 is 5.84 Å². The highest BCUT2D eigenvalue weighted by molar-refractivity contribution is 5.97. The van der Waals surface area contributed by atoms with E-state index in [-0.39, 0.29) is 5.84 Å². The first-order valence-electron chi connectivity index (χ1n) is 6.75. The fourth-order valence-electron chi connectivity index (χ4n) is 2.11. The molecular formula is C15H24N2O2. The first-order valence-corrected chi connectivity index (χ1v) is 6.75. The Hall–Kier alpha value is -1.71. The van der Waals surface area contributed by atoms with Gasteiger partial charge in [-0.25, -0.2) is 0 Å². The van der Waals surface area contributed by atoms with Gasteiger partial charge in [0.2, 0.25) is 0 Å². The van der Waals surface area contributed by atoms with E-state index in [1.807, 2.05) is 26.0 Å². The van der Waals surface area contributed by atoms with Crippen molar-refractivity contribution in [3.8, 4) is 5.75 Å². The van der Waals surface area contributed by atoms with Gasteiger partial charge in [-0.3, -0.25) is 0 Å². The zero-order chi connectivity index (χ0) is 14.4. The molecule has 3 N–H and O–H groups in total. The number of aryl methyl sites for hydroxylation is 2. The fraction of sp³-hybridized carbons (Fsp3) is 0.533. The van der Waals surface area contributed by atoms with Crippen LogP contribution in [-0.4, -0.2) is 17.6 Å². The molecule has 0 saturated heterocycles.